The minimum atomic E-state index is -3.48. The van der Waals surface area contributed by atoms with E-state index in [1.165, 1.54) is 0 Å². The van der Waals surface area contributed by atoms with Crippen LogP contribution in [0.4, 0.5) is 0 Å². The van der Waals surface area contributed by atoms with Crippen molar-refractivity contribution in [3.05, 3.63) is 29.8 Å². The molecular formula is C13H19NO5S. The van der Waals surface area contributed by atoms with Gasteiger partial charge in [0.2, 0.25) is 10.0 Å². The highest BCUT2D eigenvalue weighted by Gasteiger charge is 2.16. The van der Waals surface area contributed by atoms with Gasteiger partial charge in [0.1, 0.15) is 5.75 Å². The lowest BCUT2D eigenvalue weighted by atomic mass is 10.1. The van der Waals surface area contributed by atoms with Gasteiger partial charge in [-0.3, -0.25) is 4.79 Å². The summed E-state index contributed by atoms with van der Waals surface area (Å²) < 4.78 is 31.1. The average molecular weight is 301 g/mol. The van der Waals surface area contributed by atoms with Gasteiger partial charge in [0.05, 0.1) is 12.9 Å². The first kappa shape index (κ1) is 16.5. The van der Waals surface area contributed by atoms with E-state index < -0.39 is 16.0 Å². The van der Waals surface area contributed by atoms with Crippen LogP contribution in [0.1, 0.15) is 31.4 Å². The Bertz CT molecular complexity index is 538. The normalized spacial score (nSPS) is 12.9. The van der Waals surface area contributed by atoms with Crippen molar-refractivity contribution in [2.45, 2.75) is 25.8 Å². The summed E-state index contributed by atoms with van der Waals surface area (Å²) in [6.45, 7) is 1.73. The number of aliphatic carboxylic acids is 1. The molecule has 0 amide bonds. The fraction of sp³-hybridized carbons (Fsp3) is 0.462. The lowest BCUT2D eigenvalue weighted by Gasteiger charge is -2.14. The number of benzene rings is 1. The molecule has 20 heavy (non-hydrogen) atoms. The summed E-state index contributed by atoms with van der Waals surface area (Å²) in [5.41, 5.74) is 0.813. The minimum absolute atomic E-state index is 0.0972. The zero-order valence-corrected chi connectivity index (χ0v) is 12.3. The number of methoxy groups -OCH3 is 1. The Labute approximate surface area is 118 Å². The van der Waals surface area contributed by atoms with Crippen LogP contribution in [0.25, 0.3) is 0 Å². The number of hydrogen-bond donors (Lipinski definition) is 2. The second-order valence-electron chi connectivity index (χ2n) is 4.43. The van der Waals surface area contributed by atoms with Gasteiger partial charge in [0.15, 0.2) is 0 Å². The smallest absolute Gasteiger partial charge is 0.303 e. The van der Waals surface area contributed by atoms with Crippen LogP contribution in [0.3, 0.4) is 0 Å². The molecule has 7 heteroatoms. The third-order valence-electron chi connectivity index (χ3n) is 2.78. The topological polar surface area (TPSA) is 92.7 Å². The second kappa shape index (κ2) is 7.25. The summed E-state index contributed by atoms with van der Waals surface area (Å²) in [7, 11) is -1.93. The molecule has 0 aromatic heterocycles. The summed E-state index contributed by atoms with van der Waals surface area (Å²) >= 11 is 0. The third-order valence-corrected chi connectivity index (χ3v) is 4.31. The molecule has 1 aromatic rings. The van der Waals surface area contributed by atoms with E-state index in [4.69, 9.17) is 9.84 Å². The Hall–Kier alpha value is -1.60. The molecule has 1 atom stereocenters. The summed E-state index contributed by atoms with van der Waals surface area (Å²) in [5, 5.41) is 8.49. The SMILES string of the molecule is COc1ccc([C@H](C)NS(=O)(=O)CCCC(=O)O)cc1. The van der Waals surface area contributed by atoms with Crippen LogP contribution >= 0.6 is 0 Å². The molecule has 2 N–H and O–H groups in total. The number of carboxylic acid groups (broad SMARTS) is 1. The van der Waals surface area contributed by atoms with E-state index in [1.54, 1.807) is 38.3 Å². The highest BCUT2D eigenvalue weighted by atomic mass is 32.2. The van der Waals surface area contributed by atoms with Gasteiger partial charge in [0, 0.05) is 12.5 Å². The molecule has 1 rings (SSSR count). The van der Waals surface area contributed by atoms with Gasteiger partial charge in [-0.15, -0.1) is 0 Å². The minimum Gasteiger partial charge on any atom is -0.497 e. The first-order valence-electron chi connectivity index (χ1n) is 6.20. The number of nitrogens with one attached hydrogen (secondary N) is 1. The van der Waals surface area contributed by atoms with Crippen LogP contribution in [-0.4, -0.2) is 32.4 Å². The molecule has 0 spiro atoms. The molecule has 6 nitrogen and oxygen atoms in total. The predicted octanol–water partition coefficient (Wildman–Crippen LogP) is 1.54. The van der Waals surface area contributed by atoms with Crippen molar-refractivity contribution in [3.8, 4) is 5.75 Å². The van der Waals surface area contributed by atoms with Crippen LogP contribution in [0.5, 0.6) is 5.75 Å². The van der Waals surface area contributed by atoms with Crippen LogP contribution in [0.2, 0.25) is 0 Å². The van der Waals surface area contributed by atoms with Crippen LogP contribution in [0.15, 0.2) is 24.3 Å². The van der Waals surface area contributed by atoms with Gasteiger partial charge in [-0.25, -0.2) is 13.1 Å². The maximum atomic E-state index is 11.8. The standard InChI is InChI=1S/C13H19NO5S/c1-10(11-5-7-12(19-2)8-6-11)14-20(17,18)9-3-4-13(15)16/h5-8,10,14H,3-4,9H2,1-2H3,(H,15,16)/t10-/m0/s1. The molecule has 1 aromatic carbocycles. The fourth-order valence-electron chi connectivity index (χ4n) is 1.70. The van der Waals surface area contributed by atoms with Crippen molar-refractivity contribution in [1.29, 1.82) is 0 Å². The molecule has 0 radical (unpaired) electrons. The zero-order chi connectivity index (χ0) is 15.2. The Kier molecular flexibility index (Phi) is 5.97. The number of carbonyl (C=O) groups is 1. The highest BCUT2D eigenvalue weighted by molar-refractivity contribution is 7.89. The molecule has 0 bridgehead atoms. The molecule has 0 unspecified atom stereocenters. The van der Waals surface area contributed by atoms with E-state index in [-0.39, 0.29) is 24.6 Å². The van der Waals surface area contributed by atoms with Crippen molar-refractivity contribution in [3.63, 3.8) is 0 Å². The summed E-state index contributed by atoms with van der Waals surface area (Å²) in [6.07, 6.45) is -0.0577. The predicted molar refractivity (Wildman–Crippen MR) is 75.2 cm³/mol. The number of rotatable bonds is 8. The van der Waals surface area contributed by atoms with Crippen molar-refractivity contribution in [2.24, 2.45) is 0 Å². The Morgan fingerprint density at radius 2 is 1.95 bits per heavy atom. The van der Waals surface area contributed by atoms with E-state index >= 15 is 0 Å². The van der Waals surface area contributed by atoms with Gasteiger partial charge >= 0.3 is 5.97 Å². The lowest BCUT2D eigenvalue weighted by molar-refractivity contribution is -0.137. The summed E-state index contributed by atoms with van der Waals surface area (Å²) in [5.74, 6) is -0.492. The zero-order valence-electron chi connectivity index (χ0n) is 11.5. The molecule has 0 saturated heterocycles. The second-order valence-corrected chi connectivity index (χ2v) is 6.30. The van der Waals surface area contributed by atoms with Gasteiger partial charge in [0.25, 0.3) is 0 Å². The van der Waals surface area contributed by atoms with E-state index in [1.807, 2.05) is 0 Å². The first-order valence-corrected chi connectivity index (χ1v) is 7.85. The van der Waals surface area contributed by atoms with Crippen molar-refractivity contribution in [1.82, 2.24) is 4.72 Å². The van der Waals surface area contributed by atoms with Gasteiger partial charge in [-0.05, 0) is 31.0 Å². The van der Waals surface area contributed by atoms with E-state index in [2.05, 4.69) is 4.72 Å². The monoisotopic (exact) mass is 301 g/mol. The van der Waals surface area contributed by atoms with Gasteiger partial charge < -0.3 is 9.84 Å². The fourth-order valence-corrected chi connectivity index (χ4v) is 3.02. The van der Waals surface area contributed by atoms with Crippen LogP contribution in [0, 0.1) is 0 Å². The summed E-state index contributed by atoms with van der Waals surface area (Å²) in [4.78, 5) is 10.4. The number of carboxylic acids is 1. The van der Waals surface area contributed by atoms with E-state index in [0.717, 1.165) is 5.56 Å². The van der Waals surface area contributed by atoms with E-state index in [0.29, 0.717) is 5.75 Å². The number of hydrogen-bond acceptors (Lipinski definition) is 4. The Morgan fingerprint density at radius 3 is 2.45 bits per heavy atom. The number of ether oxygens (including phenoxy) is 1. The molecule has 0 saturated carbocycles. The first-order chi connectivity index (χ1) is 9.34. The van der Waals surface area contributed by atoms with E-state index in [9.17, 15) is 13.2 Å². The molecule has 0 aliphatic carbocycles. The van der Waals surface area contributed by atoms with Crippen molar-refractivity contribution < 1.29 is 23.1 Å². The van der Waals surface area contributed by atoms with Crippen molar-refractivity contribution in [2.75, 3.05) is 12.9 Å². The average Bonchev–Trinajstić information content (AvgIpc) is 2.37. The van der Waals surface area contributed by atoms with Crippen LogP contribution in [-0.2, 0) is 14.8 Å². The summed E-state index contributed by atoms with van der Waals surface area (Å²) in [6, 6.07) is 6.69. The molecule has 0 heterocycles. The Balaban J connectivity index is 2.58. The maximum absolute atomic E-state index is 11.8. The Morgan fingerprint density at radius 1 is 1.35 bits per heavy atom. The van der Waals surface area contributed by atoms with Gasteiger partial charge in [-0.1, -0.05) is 12.1 Å². The van der Waals surface area contributed by atoms with Crippen molar-refractivity contribution >= 4 is 16.0 Å². The maximum Gasteiger partial charge on any atom is 0.303 e. The number of sulfonamides is 1. The molecule has 0 aliphatic rings. The molecule has 112 valence electrons. The highest BCUT2D eigenvalue weighted by Crippen LogP contribution is 2.18. The lowest BCUT2D eigenvalue weighted by Crippen LogP contribution is -2.29. The third kappa shape index (κ3) is 5.58. The van der Waals surface area contributed by atoms with Crippen LogP contribution < -0.4 is 9.46 Å². The molecular weight excluding hydrogens is 282 g/mol. The molecule has 0 aliphatic heterocycles. The quantitative estimate of drug-likeness (QED) is 0.760. The largest absolute Gasteiger partial charge is 0.497 e. The van der Waals surface area contributed by atoms with Gasteiger partial charge in [-0.2, -0.15) is 0 Å². The molecule has 0 fully saturated rings.